The number of hydrogen-bond donors (Lipinski definition) is 1. The molecule has 0 unspecified atom stereocenters. The Labute approximate surface area is 126 Å². The van der Waals surface area contributed by atoms with E-state index in [-0.39, 0.29) is 12.4 Å². The fourth-order valence-electron chi connectivity index (χ4n) is 2.86. The van der Waals surface area contributed by atoms with E-state index in [2.05, 4.69) is 34.1 Å². The Morgan fingerprint density at radius 1 is 1.20 bits per heavy atom. The van der Waals surface area contributed by atoms with E-state index in [1.54, 1.807) is 0 Å². The lowest BCUT2D eigenvalue weighted by molar-refractivity contribution is 0.180. The Morgan fingerprint density at radius 3 is 2.75 bits per heavy atom. The van der Waals surface area contributed by atoms with E-state index in [1.807, 2.05) is 12.3 Å². The summed E-state index contributed by atoms with van der Waals surface area (Å²) in [7, 11) is 0. The summed E-state index contributed by atoms with van der Waals surface area (Å²) in [5, 5.41) is 1.23. The smallest absolute Gasteiger partial charge is 0.0702 e. The van der Waals surface area contributed by atoms with Crippen molar-refractivity contribution in [3.05, 3.63) is 42.1 Å². The summed E-state index contributed by atoms with van der Waals surface area (Å²) in [5.74, 6) is 0.733. The van der Waals surface area contributed by atoms with Crippen LogP contribution in [0.15, 0.2) is 36.5 Å². The molecule has 1 aliphatic rings. The number of nitrogens with zero attached hydrogens (tertiary/aromatic N) is 2. The third-order valence-corrected chi connectivity index (χ3v) is 4.11. The van der Waals surface area contributed by atoms with Crippen LogP contribution >= 0.6 is 12.4 Å². The van der Waals surface area contributed by atoms with E-state index in [0.717, 1.165) is 24.5 Å². The van der Waals surface area contributed by atoms with Crippen LogP contribution in [0.1, 0.15) is 18.4 Å². The Bertz CT molecular complexity index is 550. The molecule has 1 saturated heterocycles. The number of aromatic nitrogens is 1. The maximum absolute atomic E-state index is 5.74. The van der Waals surface area contributed by atoms with Gasteiger partial charge in [0.25, 0.3) is 0 Å². The average Bonchev–Trinajstić information content (AvgIpc) is 2.48. The van der Waals surface area contributed by atoms with Crippen LogP contribution in [0.4, 0.5) is 0 Å². The van der Waals surface area contributed by atoms with Crippen molar-refractivity contribution in [3.63, 3.8) is 0 Å². The van der Waals surface area contributed by atoms with E-state index >= 15 is 0 Å². The molecule has 0 saturated carbocycles. The highest BCUT2D eigenvalue weighted by molar-refractivity contribution is 5.85. The first kappa shape index (κ1) is 15.2. The third kappa shape index (κ3) is 3.48. The molecule has 108 valence electrons. The van der Waals surface area contributed by atoms with Crippen LogP contribution in [0.3, 0.4) is 0 Å². The predicted molar refractivity (Wildman–Crippen MR) is 86.0 cm³/mol. The lowest BCUT2D eigenvalue weighted by atomic mass is 9.97. The van der Waals surface area contributed by atoms with Gasteiger partial charge >= 0.3 is 0 Å². The molecule has 0 bridgehead atoms. The number of fused-ring (bicyclic) bond motifs is 1. The molecule has 1 fully saturated rings. The summed E-state index contributed by atoms with van der Waals surface area (Å²) in [4.78, 5) is 6.89. The Hall–Kier alpha value is -1.16. The maximum atomic E-state index is 5.74. The maximum Gasteiger partial charge on any atom is 0.0702 e. The molecular weight excluding hydrogens is 270 g/mol. The molecule has 4 heteroatoms. The number of likely N-dealkylation sites (tertiary alicyclic amines) is 1. The topological polar surface area (TPSA) is 42.1 Å². The van der Waals surface area contributed by atoms with Gasteiger partial charge in [0.1, 0.15) is 0 Å². The van der Waals surface area contributed by atoms with Crippen LogP contribution in [0.5, 0.6) is 0 Å². The number of benzene rings is 1. The van der Waals surface area contributed by atoms with Gasteiger partial charge in [-0.3, -0.25) is 9.88 Å². The van der Waals surface area contributed by atoms with Gasteiger partial charge < -0.3 is 5.73 Å². The van der Waals surface area contributed by atoms with Crippen molar-refractivity contribution in [2.75, 3.05) is 19.6 Å². The Kier molecular flexibility index (Phi) is 5.35. The van der Waals surface area contributed by atoms with Crippen LogP contribution in [0.2, 0.25) is 0 Å². The molecule has 3 nitrogen and oxygen atoms in total. The molecule has 0 spiro atoms. The third-order valence-electron chi connectivity index (χ3n) is 4.11. The number of nitrogens with two attached hydrogens (primary N) is 1. The van der Waals surface area contributed by atoms with Crippen molar-refractivity contribution in [1.82, 2.24) is 9.88 Å². The second-order valence-electron chi connectivity index (χ2n) is 5.49. The van der Waals surface area contributed by atoms with Crippen molar-refractivity contribution in [2.24, 2.45) is 11.7 Å². The summed E-state index contributed by atoms with van der Waals surface area (Å²) in [6, 6.07) is 10.7. The van der Waals surface area contributed by atoms with Gasteiger partial charge in [0.05, 0.1) is 5.52 Å². The van der Waals surface area contributed by atoms with Gasteiger partial charge in [-0.25, -0.2) is 0 Å². The van der Waals surface area contributed by atoms with Crippen molar-refractivity contribution >= 4 is 23.3 Å². The normalized spacial score (nSPS) is 17.1. The minimum Gasteiger partial charge on any atom is -0.330 e. The fraction of sp³-hybridized carbons (Fsp3) is 0.438. The zero-order valence-electron chi connectivity index (χ0n) is 11.7. The summed E-state index contributed by atoms with van der Waals surface area (Å²) >= 11 is 0. The van der Waals surface area contributed by atoms with Crippen LogP contribution in [-0.4, -0.2) is 29.5 Å². The molecule has 2 heterocycles. The van der Waals surface area contributed by atoms with Gasteiger partial charge in [-0.1, -0.05) is 12.1 Å². The largest absolute Gasteiger partial charge is 0.330 e. The van der Waals surface area contributed by atoms with E-state index < -0.39 is 0 Å². The quantitative estimate of drug-likeness (QED) is 0.945. The van der Waals surface area contributed by atoms with Gasteiger partial charge in [0.2, 0.25) is 0 Å². The number of rotatable bonds is 3. The molecular formula is C16H22ClN3. The SMILES string of the molecule is Cl.NCC1CCN(Cc2ccc3ncccc3c2)CC1. The average molecular weight is 292 g/mol. The monoisotopic (exact) mass is 291 g/mol. The molecule has 2 N–H and O–H groups in total. The van der Waals surface area contributed by atoms with Crippen LogP contribution in [0.25, 0.3) is 10.9 Å². The molecule has 1 aromatic carbocycles. The summed E-state index contributed by atoms with van der Waals surface area (Å²) in [6.45, 7) is 4.23. The van der Waals surface area contributed by atoms with Crippen molar-refractivity contribution < 1.29 is 0 Å². The van der Waals surface area contributed by atoms with Crippen molar-refractivity contribution in [1.29, 1.82) is 0 Å². The molecule has 0 amide bonds. The molecule has 1 aromatic heterocycles. The zero-order chi connectivity index (χ0) is 13.1. The summed E-state index contributed by atoms with van der Waals surface area (Å²) in [5.41, 5.74) is 8.20. The first-order valence-corrected chi connectivity index (χ1v) is 7.11. The number of pyridine rings is 1. The van der Waals surface area contributed by atoms with Crippen LogP contribution < -0.4 is 5.73 Å². The number of halogens is 1. The zero-order valence-corrected chi connectivity index (χ0v) is 12.5. The van der Waals surface area contributed by atoms with Crippen LogP contribution in [-0.2, 0) is 6.54 Å². The van der Waals surface area contributed by atoms with Gasteiger partial charge in [-0.15, -0.1) is 12.4 Å². The fourth-order valence-corrected chi connectivity index (χ4v) is 2.86. The molecule has 3 rings (SSSR count). The summed E-state index contributed by atoms with van der Waals surface area (Å²) < 4.78 is 0. The molecule has 0 atom stereocenters. The van der Waals surface area contributed by atoms with Gasteiger partial charge in [-0.2, -0.15) is 0 Å². The second kappa shape index (κ2) is 7.02. The first-order valence-electron chi connectivity index (χ1n) is 7.11. The second-order valence-corrected chi connectivity index (χ2v) is 5.49. The molecule has 20 heavy (non-hydrogen) atoms. The minimum atomic E-state index is 0. The lowest BCUT2D eigenvalue weighted by Gasteiger charge is -2.31. The highest BCUT2D eigenvalue weighted by Gasteiger charge is 2.17. The molecule has 0 aliphatic carbocycles. The molecule has 1 aliphatic heterocycles. The molecule has 0 radical (unpaired) electrons. The van der Waals surface area contributed by atoms with E-state index in [1.165, 1.54) is 36.9 Å². The van der Waals surface area contributed by atoms with Crippen molar-refractivity contribution in [3.8, 4) is 0 Å². The number of hydrogen-bond acceptors (Lipinski definition) is 3. The van der Waals surface area contributed by atoms with Gasteiger partial charge in [0, 0.05) is 18.1 Å². The summed E-state index contributed by atoms with van der Waals surface area (Å²) in [6.07, 6.45) is 4.33. The van der Waals surface area contributed by atoms with Gasteiger partial charge in [-0.05, 0) is 62.2 Å². The van der Waals surface area contributed by atoms with E-state index in [4.69, 9.17) is 5.73 Å². The van der Waals surface area contributed by atoms with Crippen LogP contribution in [0, 0.1) is 5.92 Å². The number of piperidine rings is 1. The standard InChI is InChI=1S/C16H21N3.ClH/c17-11-13-5-8-19(9-6-13)12-14-3-4-16-15(10-14)2-1-7-18-16;/h1-4,7,10,13H,5-6,8-9,11-12,17H2;1H. The Morgan fingerprint density at radius 2 is 2.00 bits per heavy atom. The minimum absolute atomic E-state index is 0. The highest BCUT2D eigenvalue weighted by Crippen LogP contribution is 2.19. The Balaban J connectivity index is 0.00000147. The molecule has 2 aromatic rings. The van der Waals surface area contributed by atoms with E-state index in [0.29, 0.717) is 0 Å². The van der Waals surface area contributed by atoms with Gasteiger partial charge in [0.15, 0.2) is 0 Å². The first-order chi connectivity index (χ1) is 9.35. The highest BCUT2D eigenvalue weighted by atomic mass is 35.5. The lowest BCUT2D eigenvalue weighted by Crippen LogP contribution is -2.35. The predicted octanol–water partition coefficient (Wildman–Crippen LogP) is 2.83. The van der Waals surface area contributed by atoms with Crippen molar-refractivity contribution in [2.45, 2.75) is 19.4 Å². The van der Waals surface area contributed by atoms with E-state index in [9.17, 15) is 0 Å².